The second-order valence-electron chi connectivity index (χ2n) is 4.33. The van der Waals surface area contributed by atoms with E-state index in [9.17, 15) is 0 Å². The van der Waals surface area contributed by atoms with E-state index >= 15 is 0 Å². The standard InChI is InChI=1S/C15H13N5/c1-11-4-2-3-5-13(11)19-15-18-7-6-14(20-15)12-8-16-10-17-9-12/h2-10H,1H3,(H,18,19,20). The lowest BCUT2D eigenvalue weighted by atomic mass is 10.2. The number of nitrogens with one attached hydrogen (secondary N) is 1. The number of nitrogens with zero attached hydrogens (tertiary/aromatic N) is 4. The van der Waals surface area contributed by atoms with Gasteiger partial charge < -0.3 is 5.32 Å². The Morgan fingerprint density at radius 1 is 1.00 bits per heavy atom. The second kappa shape index (κ2) is 5.44. The first kappa shape index (κ1) is 12.2. The summed E-state index contributed by atoms with van der Waals surface area (Å²) in [6, 6.07) is 9.85. The topological polar surface area (TPSA) is 63.6 Å². The molecule has 0 unspecified atom stereocenters. The Labute approximate surface area is 116 Å². The maximum atomic E-state index is 4.48. The number of benzene rings is 1. The largest absolute Gasteiger partial charge is 0.324 e. The molecule has 3 aromatic rings. The van der Waals surface area contributed by atoms with Gasteiger partial charge in [0.05, 0.1) is 5.69 Å². The van der Waals surface area contributed by atoms with Crippen LogP contribution in [-0.4, -0.2) is 19.9 Å². The first-order valence-corrected chi connectivity index (χ1v) is 6.24. The third-order valence-electron chi connectivity index (χ3n) is 2.90. The van der Waals surface area contributed by atoms with Crippen molar-refractivity contribution < 1.29 is 0 Å². The van der Waals surface area contributed by atoms with Crippen LogP contribution in [0.25, 0.3) is 11.3 Å². The van der Waals surface area contributed by atoms with E-state index < -0.39 is 0 Å². The van der Waals surface area contributed by atoms with Crippen molar-refractivity contribution in [2.75, 3.05) is 5.32 Å². The third kappa shape index (κ3) is 2.61. The highest BCUT2D eigenvalue weighted by atomic mass is 15.1. The minimum absolute atomic E-state index is 0.556. The van der Waals surface area contributed by atoms with Crippen molar-refractivity contribution in [3.8, 4) is 11.3 Å². The van der Waals surface area contributed by atoms with Gasteiger partial charge in [-0.05, 0) is 24.6 Å². The highest BCUT2D eigenvalue weighted by molar-refractivity contribution is 5.62. The average Bonchev–Trinajstić information content (AvgIpc) is 2.51. The number of anilines is 2. The highest BCUT2D eigenvalue weighted by Gasteiger charge is 2.04. The van der Waals surface area contributed by atoms with Crippen molar-refractivity contribution in [3.05, 3.63) is 60.8 Å². The van der Waals surface area contributed by atoms with Crippen LogP contribution in [-0.2, 0) is 0 Å². The van der Waals surface area contributed by atoms with Crippen LogP contribution in [0.3, 0.4) is 0 Å². The minimum atomic E-state index is 0.556. The first-order chi connectivity index (χ1) is 9.83. The van der Waals surface area contributed by atoms with Crippen molar-refractivity contribution in [3.63, 3.8) is 0 Å². The fourth-order valence-electron chi connectivity index (χ4n) is 1.84. The number of hydrogen-bond donors (Lipinski definition) is 1. The summed E-state index contributed by atoms with van der Waals surface area (Å²) in [6.07, 6.45) is 6.67. The molecule has 5 heteroatoms. The fourth-order valence-corrected chi connectivity index (χ4v) is 1.84. The van der Waals surface area contributed by atoms with E-state index in [-0.39, 0.29) is 0 Å². The van der Waals surface area contributed by atoms with Gasteiger partial charge in [-0.3, -0.25) is 0 Å². The van der Waals surface area contributed by atoms with Gasteiger partial charge in [0.2, 0.25) is 5.95 Å². The zero-order valence-corrected chi connectivity index (χ0v) is 11.0. The maximum Gasteiger partial charge on any atom is 0.227 e. The Kier molecular flexibility index (Phi) is 3.33. The van der Waals surface area contributed by atoms with Gasteiger partial charge >= 0.3 is 0 Å². The van der Waals surface area contributed by atoms with Gasteiger partial charge in [0.1, 0.15) is 6.33 Å². The van der Waals surface area contributed by atoms with Crippen LogP contribution in [0.2, 0.25) is 0 Å². The van der Waals surface area contributed by atoms with E-state index in [1.54, 1.807) is 18.6 Å². The van der Waals surface area contributed by atoms with Gasteiger partial charge in [0, 0.05) is 29.8 Å². The monoisotopic (exact) mass is 263 g/mol. The molecule has 0 bridgehead atoms. The second-order valence-corrected chi connectivity index (χ2v) is 4.33. The minimum Gasteiger partial charge on any atom is -0.324 e. The summed E-state index contributed by atoms with van der Waals surface area (Å²) in [7, 11) is 0. The quantitative estimate of drug-likeness (QED) is 0.787. The molecule has 0 spiro atoms. The molecule has 0 aliphatic carbocycles. The summed E-state index contributed by atoms with van der Waals surface area (Å²) in [4.78, 5) is 16.7. The van der Waals surface area contributed by atoms with Crippen LogP contribution in [0, 0.1) is 6.92 Å². The molecule has 98 valence electrons. The van der Waals surface area contributed by atoms with Crippen molar-refractivity contribution >= 4 is 11.6 Å². The lowest BCUT2D eigenvalue weighted by molar-refractivity contribution is 1.13. The molecule has 0 saturated carbocycles. The molecule has 2 heterocycles. The highest BCUT2D eigenvalue weighted by Crippen LogP contribution is 2.20. The summed E-state index contributed by atoms with van der Waals surface area (Å²) >= 11 is 0. The van der Waals surface area contributed by atoms with Crippen LogP contribution in [0.1, 0.15) is 5.56 Å². The summed E-state index contributed by atoms with van der Waals surface area (Å²) < 4.78 is 0. The van der Waals surface area contributed by atoms with E-state index in [2.05, 4.69) is 25.3 Å². The summed E-state index contributed by atoms with van der Waals surface area (Å²) in [5.74, 6) is 0.556. The summed E-state index contributed by atoms with van der Waals surface area (Å²) in [5.41, 5.74) is 3.79. The van der Waals surface area contributed by atoms with Crippen LogP contribution < -0.4 is 5.32 Å². The lowest BCUT2D eigenvalue weighted by Gasteiger charge is -2.08. The van der Waals surface area contributed by atoms with Crippen molar-refractivity contribution in [1.29, 1.82) is 0 Å². The molecule has 0 atom stereocenters. The Morgan fingerprint density at radius 3 is 2.60 bits per heavy atom. The molecule has 5 nitrogen and oxygen atoms in total. The van der Waals surface area contributed by atoms with Crippen LogP contribution in [0.5, 0.6) is 0 Å². The van der Waals surface area contributed by atoms with Gasteiger partial charge in [-0.25, -0.2) is 19.9 Å². The van der Waals surface area contributed by atoms with E-state index in [1.807, 2.05) is 37.3 Å². The number of aromatic nitrogens is 4. The van der Waals surface area contributed by atoms with Crippen molar-refractivity contribution in [1.82, 2.24) is 19.9 Å². The van der Waals surface area contributed by atoms with Gasteiger partial charge in [-0.15, -0.1) is 0 Å². The lowest BCUT2D eigenvalue weighted by Crippen LogP contribution is -1.99. The molecule has 20 heavy (non-hydrogen) atoms. The fraction of sp³-hybridized carbons (Fsp3) is 0.0667. The number of rotatable bonds is 3. The molecule has 1 aromatic carbocycles. The molecular weight excluding hydrogens is 250 g/mol. The third-order valence-corrected chi connectivity index (χ3v) is 2.90. The van der Waals surface area contributed by atoms with Crippen LogP contribution >= 0.6 is 0 Å². The summed E-state index contributed by atoms with van der Waals surface area (Å²) in [5, 5.41) is 3.22. The van der Waals surface area contributed by atoms with E-state index in [1.165, 1.54) is 6.33 Å². The molecule has 0 amide bonds. The van der Waals surface area contributed by atoms with Gasteiger partial charge in [0.25, 0.3) is 0 Å². The van der Waals surface area contributed by atoms with Gasteiger partial charge in [0.15, 0.2) is 0 Å². The Bertz CT molecular complexity index is 712. The van der Waals surface area contributed by atoms with Gasteiger partial charge in [-0.1, -0.05) is 18.2 Å². The number of aryl methyl sites for hydroxylation is 1. The van der Waals surface area contributed by atoms with Crippen LogP contribution in [0.4, 0.5) is 11.6 Å². The average molecular weight is 263 g/mol. The Balaban J connectivity index is 1.91. The SMILES string of the molecule is Cc1ccccc1Nc1nccc(-c2cncnc2)n1. The molecule has 0 aliphatic heterocycles. The molecule has 1 N–H and O–H groups in total. The molecule has 0 fully saturated rings. The number of para-hydroxylation sites is 1. The smallest absolute Gasteiger partial charge is 0.227 e. The number of hydrogen-bond acceptors (Lipinski definition) is 5. The van der Waals surface area contributed by atoms with E-state index in [4.69, 9.17) is 0 Å². The normalized spacial score (nSPS) is 10.2. The molecule has 0 saturated heterocycles. The van der Waals surface area contributed by atoms with Crippen molar-refractivity contribution in [2.24, 2.45) is 0 Å². The van der Waals surface area contributed by atoms with E-state index in [0.29, 0.717) is 5.95 Å². The van der Waals surface area contributed by atoms with Crippen molar-refractivity contribution in [2.45, 2.75) is 6.92 Å². The molecular formula is C15H13N5. The molecule has 2 aromatic heterocycles. The predicted octanol–water partition coefficient (Wildman–Crippen LogP) is 2.99. The predicted molar refractivity (Wildman–Crippen MR) is 77.5 cm³/mol. The van der Waals surface area contributed by atoms with Gasteiger partial charge in [-0.2, -0.15) is 0 Å². The molecule has 0 radical (unpaired) electrons. The first-order valence-electron chi connectivity index (χ1n) is 6.24. The zero-order chi connectivity index (χ0) is 13.8. The molecule has 0 aliphatic rings. The maximum absolute atomic E-state index is 4.48. The van der Waals surface area contributed by atoms with Crippen LogP contribution in [0.15, 0.2) is 55.2 Å². The zero-order valence-electron chi connectivity index (χ0n) is 11.0. The summed E-state index contributed by atoms with van der Waals surface area (Å²) in [6.45, 7) is 2.04. The Morgan fingerprint density at radius 2 is 1.80 bits per heavy atom. The Hall–Kier alpha value is -2.82. The van der Waals surface area contributed by atoms with E-state index in [0.717, 1.165) is 22.5 Å². The molecule has 3 rings (SSSR count).